The second-order valence-corrected chi connectivity index (χ2v) is 4.48. The van der Waals surface area contributed by atoms with Crippen molar-refractivity contribution in [3.63, 3.8) is 0 Å². The Hall–Kier alpha value is -1.95. The molecular formula is C13H15NO5. The Bertz CT molecular complexity index is 490. The van der Waals surface area contributed by atoms with Gasteiger partial charge in [0.25, 0.3) is 0 Å². The number of carbonyl (C=O) groups is 1. The Morgan fingerprint density at radius 3 is 2.68 bits per heavy atom. The Balaban J connectivity index is 1.72. The van der Waals surface area contributed by atoms with Crippen molar-refractivity contribution in [2.45, 2.75) is 6.10 Å². The lowest BCUT2D eigenvalue weighted by Crippen LogP contribution is -2.29. The highest BCUT2D eigenvalue weighted by Gasteiger charge is 2.25. The molecule has 0 aromatic heterocycles. The van der Waals surface area contributed by atoms with Gasteiger partial charge in [0, 0.05) is 0 Å². The van der Waals surface area contributed by atoms with Crippen LogP contribution in [0.1, 0.15) is 11.7 Å². The monoisotopic (exact) mass is 265 g/mol. The van der Waals surface area contributed by atoms with Gasteiger partial charge in [0.05, 0.1) is 19.2 Å². The summed E-state index contributed by atoms with van der Waals surface area (Å²) in [6, 6.07) is 5.30. The molecule has 1 saturated heterocycles. The van der Waals surface area contributed by atoms with Gasteiger partial charge in [-0.25, -0.2) is 4.79 Å². The number of ether oxygens (including phenoxy) is 3. The summed E-state index contributed by atoms with van der Waals surface area (Å²) in [5, 5.41) is 10.2. The van der Waals surface area contributed by atoms with Crippen LogP contribution in [-0.4, -0.2) is 49.0 Å². The van der Waals surface area contributed by atoms with Crippen molar-refractivity contribution < 1.29 is 24.1 Å². The summed E-state index contributed by atoms with van der Waals surface area (Å²) < 4.78 is 15.7. The molecule has 0 bridgehead atoms. The smallest absolute Gasteiger partial charge is 0.410 e. The summed E-state index contributed by atoms with van der Waals surface area (Å²) in [6.45, 7) is 2.16. The number of hydrogen-bond donors (Lipinski definition) is 1. The van der Waals surface area contributed by atoms with E-state index in [9.17, 15) is 9.90 Å². The fourth-order valence-electron chi connectivity index (χ4n) is 2.17. The quantitative estimate of drug-likeness (QED) is 0.881. The van der Waals surface area contributed by atoms with Crippen molar-refractivity contribution in [1.82, 2.24) is 4.90 Å². The third-order valence-electron chi connectivity index (χ3n) is 3.19. The Morgan fingerprint density at radius 2 is 1.95 bits per heavy atom. The molecular weight excluding hydrogens is 250 g/mol. The van der Waals surface area contributed by atoms with Gasteiger partial charge in [0.15, 0.2) is 11.5 Å². The number of nitrogens with zero attached hydrogens (tertiary/aromatic N) is 1. The first kappa shape index (κ1) is 12.1. The van der Waals surface area contributed by atoms with Crippen LogP contribution < -0.4 is 9.47 Å². The highest BCUT2D eigenvalue weighted by molar-refractivity contribution is 5.69. The molecule has 2 heterocycles. The van der Waals surface area contributed by atoms with E-state index in [-0.39, 0.29) is 12.6 Å². The predicted octanol–water partition coefficient (Wildman–Crippen LogP) is 0.943. The van der Waals surface area contributed by atoms with Gasteiger partial charge < -0.3 is 24.2 Å². The van der Waals surface area contributed by atoms with E-state index in [1.54, 1.807) is 18.2 Å². The lowest BCUT2D eigenvalue weighted by Gasteiger charge is -2.21. The largest absolute Gasteiger partial charge is 0.486 e. The zero-order valence-electron chi connectivity index (χ0n) is 10.4. The van der Waals surface area contributed by atoms with Gasteiger partial charge in [-0.1, -0.05) is 6.07 Å². The number of aliphatic hydroxyl groups excluding tert-OH is 1. The number of aliphatic hydroxyl groups is 1. The SMILES string of the molecule is O=C1OCCN1CC(O)c1ccc2c(c1)OCCO2. The second-order valence-electron chi connectivity index (χ2n) is 4.48. The van der Waals surface area contributed by atoms with E-state index >= 15 is 0 Å². The van der Waals surface area contributed by atoms with Crippen LogP contribution in [0.5, 0.6) is 11.5 Å². The van der Waals surface area contributed by atoms with E-state index in [4.69, 9.17) is 14.2 Å². The van der Waals surface area contributed by atoms with Crippen LogP contribution in [0.15, 0.2) is 18.2 Å². The standard InChI is InChI=1S/C13H15NO5/c15-10(8-14-3-4-19-13(14)16)9-1-2-11-12(7-9)18-6-5-17-11/h1-2,7,10,15H,3-6,8H2. The number of cyclic esters (lactones) is 1. The summed E-state index contributed by atoms with van der Waals surface area (Å²) in [7, 11) is 0. The molecule has 6 heteroatoms. The third-order valence-corrected chi connectivity index (χ3v) is 3.19. The van der Waals surface area contributed by atoms with E-state index < -0.39 is 6.10 Å². The van der Waals surface area contributed by atoms with Gasteiger partial charge in [-0.15, -0.1) is 0 Å². The van der Waals surface area contributed by atoms with Gasteiger partial charge >= 0.3 is 6.09 Å². The molecule has 1 N–H and O–H groups in total. The first-order valence-corrected chi connectivity index (χ1v) is 6.23. The highest BCUT2D eigenvalue weighted by atomic mass is 16.6. The van der Waals surface area contributed by atoms with E-state index in [0.717, 1.165) is 0 Å². The van der Waals surface area contributed by atoms with Crippen molar-refractivity contribution in [2.75, 3.05) is 32.9 Å². The molecule has 0 radical (unpaired) electrons. The van der Waals surface area contributed by atoms with Gasteiger partial charge in [0.1, 0.15) is 19.8 Å². The molecule has 102 valence electrons. The zero-order valence-corrected chi connectivity index (χ0v) is 10.4. The number of fused-ring (bicyclic) bond motifs is 1. The number of carbonyl (C=O) groups excluding carboxylic acids is 1. The van der Waals surface area contributed by atoms with Crippen LogP contribution >= 0.6 is 0 Å². The minimum absolute atomic E-state index is 0.221. The Kier molecular flexibility index (Phi) is 3.16. The average molecular weight is 265 g/mol. The van der Waals surface area contributed by atoms with Crippen molar-refractivity contribution in [3.05, 3.63) is 23.8 Å². The molecule has 6 nitrogen and oxygen atoms in total. The lowest BCUT2D eigenvalue weighted by molar-refractivity contribution is 0.117. The summed E-state index contributed by atoms with van der Waals surface area (Å²) >= 11 is 0. The summed E-state index contributed by atoms with van der Waals surface area (Å²) in [5.41, 5.74) is 0.698. The molecule has 1 atom stereocenters. The first-order chi connectivity index (χ1) is 9.24. The number of rotatable bonds is 3. The third kappa shape index (κ3) is 2.44. The van der Waals surface area contributed by atoms with Crippen LogP contribution in [0.4, 0.5) is 4.79 Å². The van der Waals surface area contributed by atoms with Crippen molar-refractivity contribution in [3.8, 4) is 11.5 Å². The molecule has 3 rings (SSSR count). The van der Waals surface area contributed by atoms with Gasteiger partial charge in [-0.3, -0.25) is 0 Å². The van der Waals surface area contributed by atoms with Crippen molar-refractivity contribution in [1.29, 1.82) is 0 Å². The fourth-order valence-corrected chi connectivity index (χ4v) is 2.17. The van der Waals surface area contributed by atoms with Crippen molar-refractivity contribution in [2.24, 2.45) is 0 Å². The molecule has 0 spiro atoms. The summed E-state index contributed by atoms with van der Waals surface area (Å²) in [5.74, 6) is 1.31. The van der Waals surface area contributed by atoms with E-state index in [2.05, 4.69) is 0 Å². The number of hydrogen-bond acceptors (Lipinski definition) is 5. The second kappa shape index (κ2) is 4.97. The lowest BCUT2D eigenvalue weighted by atomic mass is 10.1. The molecule has 0 saturated carbocycles. The topological polar surface area (TPSA) is 68.2 Å². The molecule has 1 fully saturated rings. The number of amides is 1. The molecule has 19 heavy (non-hydrogen) atoms. The average Bonchev–Trinajstić information content (AvgIpc) is 2.84. The molecule has 1 unspecified atom stereocenters. The molecule has 1 aromatic rings. The molecule has 2 aliphatic rings. The Labute approximate surface area is 110 Å². The number of benzene rings is 1. The van der Waals surface area contributed by atoms with Crippen molar-refractivity contribution >= 4 is 6.09 Å². The van der Waals surface area contributed by atoms with Crippen LogP contribution in [0.25, 0.3) is 0 Å². The predicted molar refractivity (Wildman–Crippen MR) is 65.3 cm³/mol. The molecule has 1 amide bonds. The van der Waals surface area contributed by atoms with Crippen LogP contribution in [0.2, 0.25) is 0 Å². The van der Waals surface area contributed by atoms with Crippen LogP contribution in [0.3, 0.4) is 0 Å². The number of β-amino-alcohol motifs (C(OH)–C–C–N with tert-alkyl or cyclic N) is 1. The van der Waals surface area contributed by atoms with Gasteiger partial charge in [-0.2, -0.15) is 0 Å². The van der Waals surface area contributed by atoms with Gasteiger partial charge in [0.2, 0.25) is 0 Å². The Morgan fingerprint density at radius 1 is 1.16 bits per heavy atom. The minimum atomic E-state index is -0.763. The zero-order chi connectivity index (χ0) is 13.2. The van der Waals surface area contributed by atoms with E-state index in [0.29, 0.717) is 43.4 Å². The summed E-state index contributed by atoms with van der Waals surface area (Å²) in [4.78, 5) is 12.8. The normalized spacial score (nSPS) is 19.2. The maximum atomic E-state index is 11.3. The summed E-state index contributed by atoms with van der Waals surface area (Å²) in [6.07, 6.45) is -1.14. The maximum Gasteiger partial charge on any atom is 0.410 e. The fraction of sp³-hybridized carbons (Fsp3) is 0.462. The van der Waals surface area contributed by atoms with E-state index in [1.807, 2.05) is 0 Å². The minimum Gasteiger partial charge on any atom is -0.486 e. The van der Waals surface area contributed by atoms with Crippen LogP contribution in [0, 0.1) is 0 Å². The van der Waals surface area contributed by atoms with Crippen LogP contribution in [-0.2, 0) is 4.74 Å². The first-order valence-electron chi connectivity index (χ1n) is 6.23. The maximum absolute atomic E-state index is 11.3. The molecule has 0 aliphatic carbocycles. The highest BCUT2D eigenvalue weighted by Crippen LogP contribution is 2.32. The van der Waals surface area contributed by atoms with Gasteiger partial charge in [-0.05, 0) is 17.7 Å². The molecule has 2 aliphatic heterocycles. The van der Waals surface area contributed by atoms with E-state index in [1.165, 1.54) is 4.90 Å². The molecule has 1 aromatic carbocycles.